The number of hydrogen-bond acceptors (Lipinski definition) is 12. The van der Waals surface area contributed by atoms with Gasteiger partial charge in [-0.25, -0.2) is 0 Å². The van der Waals surface area contributed by atoms with E-state index in [4.69, 9.17) is 56.1 Å². The van der Waals surface area contributed by atoms with Crippen LogP contribution in [0.1, 0.15) is 0 Å². The van der Waals surface area contributed by atoms with Crippen LogP contribution in [0, 0.1) is 96.0 Å². The SMILES string of the molecule is O=N[O-].O=[N+]([O-])[O-].O=[N+]([O-])[O-].O=[N+]([O-])[O-].[Th]. The summed E-state index contributed by atoms with van der Waals surface area (Å²) in [6.07, 6.45) is 0. The maximum atomic E-state index is 8.25. The summed E-state index contributed by atoms with van der Waals surface area (Å²) < 4.78 is 0. The Bertz CT molecular complexity index is 148. The van der Waals surface area contributed by atoms with Crippen molar-refractivity contribution in [1.29, 1.82) is 0 Å². The Morgan fingerprint density at radius 3 is 0.688 bits per heavy atom. The normalized spacial score (nSPS) is 5.25. The van der Waals surface area contributed by atoms with Crippen molar-refractivity contribution in [3.8, 4) is 0 Å². The minimum Gasteiger partial charge on any atom is -0.444 e. The summed E-state index contributed by atoms with van der Waals surface area (Å²) in [6.45, 7) is 0. The Morgan fingerprint density at radius 1 is 0.688 bits per heavy atom. The molecule has 94 valence electrons. The van der Waals surface area contributed by atoms with E-state index in [-0.39, 0.29) is 39.9 Å². The molecule has 16 heavy (non-hydrogen) atoms. The van der Waals surface area contributed by atoms with Gasteiger partial charge in [-0.3, -0.25) is 0 Å². The van der Waals surface area contributed by atoms with Crippen molar-refractivity contribution < 1.29 is 55.2 Å². The Hall–Kier alpha value is -1.68. The molecule has 0 rings (SSSR count). The van der Waals surface area contributed by atoms with E-state index in [1.807, 2.05) is 0 Å². The van der Waals surface area contributed by atoms with Crippen LogP contribution in [0.15, 0.2) is 5.34 Å². The maximum Gasteiger partial charge on any atom is 0.0689 e. The van der Waals surface area contributed by atoms with E-state index >= 15 is 0 Å². The molecule has 16 heteroatoms. The molecule has 15 nitrogen and oxygen atoms in total. The molecule has 0 saturated carbocycles. The van der Waals surface area contributed by atoms with Gasteiger partial charge in [0.1, 0.15) is 0 Å². The summed E-state index contributed by atoms with van der Waals surface area (Å²) in [4.78, 5) is 32.8. The van der Waals surface area contributed by atoms with Gasteiger partial charge in [0.05, 0.1) is 15.3 Å². The fourth-order valence-electron chi connectivity index (χ4n) is 0. The number of rotatable bonds is 0. The third-order valence-electron chi connectivity index (χ3n) is 0. The van der Waals surface area contributed by atoms with Crippen molar-refractivity contribution in [3.05, 3.63) is 56.1 Å². The average Bonchev–Trinajstić information content (AvgIpc) is 1.81. The smallest absolute Gasteiger partial charge is 0.0689 e. The fraction of sp³-hybridized carbons (Fsp3) is 0. The molecule has 0 heterocycles. The summed E-state index contributed by atoms with van der Waals surface area (Å²) in [5.74, 6) is 0. The zero-order valence-corrected chi connectivity index (χ0v) is 10.9. The molecule has 0 radical (unpaired) electrons. The molecule has 0 spiro atoms. The maximum absolute atomic E-state index is 8.25. The molecule has 0 saturated heterocycles. The van der Waals surface area contributed by atoms with Gasteiger partial charge in [-0.15, -0.1) is 5.34 Å². The van der Waals surface area contributed by atoms with Gasteiger partial charge in [0.2, 0.25) is 0 Å². The van der Waals surface area contributed by atoms with Crippen LogP contribution in [-0.2, 0) is 0 Å². The van der Waals surface area contributed by atoms with E-state index in [1.165, 1.54) is 0 Å². The van der Waals surface area contributed by atoms with Crippen molar-refractivity contribution in [1.82, 2.24) is 0 Å². The molecule has 0 N–H and O–H groups in total. The Morgan fingerprint density at radius 2 is 0.688 bits per heavy atom. The minimum atomic E-state index is -1.75. The molecule has 0 bridgehead atoms. The van der Waals surface area contributed by atoms with Crippen LogP contribution < -0.4 is 0 Å². The van der Waals surface area contributed by atoms with E-state index in [0.29, 0.717) is 0 Å². The summed E-state index contributed by atoms with van der Waals surface area (Å²) >= 11 is 0. The zero-order valence-electron chi connectivity index (χ0n) is 6.78. The van der Waals surface area contributed by atoms with Crippen LogP contribution >= 0.6 is 0 Å². The van der Waals surface area contributed by atoms with Gasteiger partial charge in [0.25, 0.3) is 0 Å². The summed E-state index contributed by atoms with van der Waals surface area (Å²) in [6, 6.07) is 0. The van der Waals surface area contributed by atoms with Crippen molar-refractivity contribution in [2.75, 3.05) is 0 Å². The molecule has 0 aromatic rings. The van der Waals surface area contributed by atoms with Crippen LogP contribution in [0.3, 0.4) is 0 Å². The predicted octanol–water partition coefficient (Wildman–Crippen LogP) is -0.467. The molecule has 0 unspecified atom stereocenters. The van der Waals surface area contributed by atoms with Gasteiger partial charge in [-0.2, -0.15) is 0 Å². The third kappa shape index (κ3) is 563. The van der Waals surface area contributed by atoms with Crippen LogP contribution in [0.5, 0.6) is 0 Å². The van der Waals surface area contributed by atoms with Gasteiger partial charge in [0, 0.05) is 39.9 Å². The largest absolute Gasteiger partial charge is 0.444 e. The van der Waals surface area contributed by atoms with E-state index in [9.17, 15) is 0 Å². The van der Waals surface area contributed by atoms with Gasteiger partial charge >= 0.3 is 0 Å². The van der Waals surface area contributed by atoms with Crippen LogP contribution in [0.4, 0.5) is 0 Å². The summed E-state index contributed by atoms with van der Waals surface area (Å²) in [7, 11) is 0. The Labute approximate surface area is 116 Å². The monoisotopic (exact) mass is 464 g/mol. The first kappa shape index (κ1) is 29.3. The summed E-state index contributed by atoms with van der Waals surface area (Å²) in [5.41, 5.74) is 0. The van der Waals surface area contributed by atoms with Gasteiger partial charge in [0.15, 0.2) is 0 Å². The summed E-state index contributed by atoms with van der Waals surface area (Å²) in [5, 5.41) is 53.2. The van der Waals surface area contributed by atoms with Crippen molar-refractivity contribution in [2.45, 2.75) is 0 Å². The van der Waals surface area contributed by atoms with Crippen LogP contribution in [0.25, 0.3) is 0 Å². The molecule has 0 aromatic heterocycles. The molecule has 0 aliphatic carbocycles. The fourth-order valence-corrected chi connectivity index (χ4v) is 0. The Balaban J connectivity index is -0.0000000331. The molecule has 0 fully saturated rings. The van der Waals surface area contributed by atoms with E-state index in [0.717, 1.165) is 5.34 Å². The standard InChI is InChI=1S/3NO3.HNO2.Th/c3*2-1(3)4;2-1-3;/h;;;(H,2,3);/q3*-1;;/p-1. The third-order valence-corrected chi connectivity index (χ3v) is 0. The minimum absolute atomic E-state index is 0. The van der Waals surface area contributed by atoms with Crippen molar-refractivity contribution in [2.24, 2.45) is 5.34 Å². The second-order valence-corrected chi connectivity index (χ2v) is 0.745. The van der Waals surface area contributed by atoms with Crippen LogP contribution in [-0.4, -0.2) is 15.3 Å². The van der Waals surface area contributed by atoms with E-state index in [2.05, 4.69) is 0 Å². The number of nitrogens with zero attached hydrogens (tertiary/aromatic N) is 4. The first-order valence-corrected chi connectivity index (χ1v) is 2.01. The van der Waals surface area contributed by atoms with Crippen molar-refractivity contribution >= 4 is 0 Å². The molecular formula is N4O11Th-4. The topological polar surface area (TPSA) is 251 Å². The van der Waals surface area contributed by atoms with E-state index in [1.54, 1.807) is 0 Å². The first-order valence-electron chi connectivity index (χ1n) is 2.01. The van der Waals surface area contributed by atoms with Gasteiger partial charge in [-0.05, 0) is 0 Å². The second kappa shape index (κ2) is 29.2. The van der Waals surface area contributed by atoms with Crippen molar-refractivity contribution in [3.63, 3.8) is 0 Å². The Kier molecular flexibility index (Phi) is 53.4. The molecule has 0 aromatic carbocycles. The molecule has 0 atom stereocenters. The molecule has 0 aliphatic heterocycles. The quantitative estimate of drug-likeness (QED) is 0.252. The average molecular weight is 464 g/mol. The van der Waals surface area contributed by atoms with E-state index < -0.39 is 15.3 Å². The van der Waals surface area contributed by atoms with Gasteiger partial charge < -0.3 is 56.1 Å². The predicted molar refractivity (Wildman–Crippen MR) is 40.2 cm³/mol. The van der Waals surface area contributed by atoms with Crippen LogP contribution in [0.2, 0.25) is 0 Å². The molecule has 0 amide bonds. The molecular weight excluding hydrogens is 464 g/mol. The number of hydrogen-bond donors (Lipinski definition) is 0. The van der Waals surface area contributed by atoms with Gasteiger partial charge in [-0.1, -0.05) is 0 Å². The molecule has 0 aliphatic rings. The first-order chi connectivity index (χ1) is 6.61. The second-order valence-electron chi connectivity index (χ2n) is 0.745. The zero-order chi connectivity index (χ0) is 13.4.